The van der Waals surface area contributed by atoms with Gasteiger partial charge in [-0.15, -0.1) is 0 Å². The number of Topliss-reactive ketones (excluding diaryl/α,β-unsaturated/α-hetero) is 1. The lowest BCUT2D eigenvalue weighted by Crippen LogP contribution is -2.20. The van der Waals surface area contributed by atoms with Gasteiger partial charge < -0.3 is 9.47 Å². The van der Waals surface area contributed by atoms with Gasteiger partial charge in [0.25, 0.3) is 0 Å². The average Bonchev–Trinajstić information content (AvgIpc) is 2.72. The van der Waals surface area contributed by atoms with Gasteiger partial charge in [-0.05, 0) is 24.0 Å². The second-order valence-corrected chi connectivity index (χ2v) is 5.68. The molecule has 0 saturated carbocycles. The van der Waals surface area contributed by atoms with Crippen molar-refractivity contribution in [3.05, 3.63) is 36.0 Å². The van der Waals surface area contributed by atoms with E-state index in [1.165, 1.54) is 6.92 Å². The highest BCUT2D eigenvalue weighted by atomic mass is 16.6. The van der Waals surface area contributed by atoms with Gasteiger partial charge in [-0.2, -0.15) is 0 Å². The molecule has 0 aromatic carbocycles. The Labute approximate surface area is 129 Å². The summed E-state index contributed by atoms with van der Waals surface area (Å²) in [6.45, 7) is 9.09. The van der Waals surface area contributed by atoms with Gasteiger partial charge in [0.2, 0.25) is 0 Å². The first-order valence-electron chi connectivity index (χ1n) is 7.30. The summed E-state index contributed by atoms with van der Waals surface area (Å²) in [5, 5.41) is 0. The maximum Gasteiger partial charge on any atom is 0.334 e. The van der Waals surface area contributed by atoms with Crippen molar-refractivity contribution < 1.29 is 23.9 Å². The van der Waals surface area contributed by atoms with E-state index < -0.39 is 5.97 Å². The number of ether oxygens (including phenoxy) is 2. The zero-order valence-electron chi connectivity index (χ0n) is 12.7. The van der Waals surface area contributed by atoms with Gasteiger partial charge in [0.1, 0.15) is 12.7 Å². The molecule has 0 bridgehead atoms. The number of hydrogen-bond acceptors (Lipinski definition) is 5. The molecule has 1 aliphatic heterocycles. The highest BCUT2D eigenvalue weighted by molar-refractivity contribution is 5.95. The van der Waals surface area contributed by atoms with Crippen LogP contribution in [0.25, 0.3) is 0 Å². The molecule has 5 nitrogen and oxygen atoms in total. The summed E-state index contributed by atoms with van der Waals surface area (Å²) < 4.78 is 10.3. The molecule has 0 N–H and O–H groups in total. The Hall–Kier alpha value is -2.17. The number of ketones is 1. The molecule has 1 saturated heterocycles. The van der Waals surface area contributed by atoms with Crippen LogP contribution in [-0.2, 0) is 23.9 Å². The zero-order valence-corrected chi connectivity index (χ0v) is 12.7. The summed E-state index contributed by atoms with van der Waals surface area (Å²) in [6, 6.07) is 0. The maximum atomic E-state index is 12.1. The van der Waals surface area contributed by atoms with E-state index in [0.717, 1.165) is 5.57 Å². The third-order valence-electron chi connectivity index (χ3n) is 4.05. The second kappa shape index (κ2) is 6.73. The van der Waals surface area contributed by atoms with E-state index in [0.29, 0.717) is 36.8 Å². The number of fused-ring (bicyclic) bond motifs is 1. The van der Waals surface area contributed by atoms with E-state index in [1.807, 2.05) is 6.08 Å². The van der Waals surface area contributed by atoms with E-state index in [-0.39, 0.29) is 30.4 Å². The Morgan fingerprint density at radius 2 is 2.09 bits per heavy atom. The van der Waals surface area contributed by atoms with Crippen LogP contribution in [0.1, 0.15) is 32.6 Å². The number of carbonyl (C=O) groups is 3. The first-order valence-corrected chi connectivity index (χ1v) is 7.30. The lowest BCUT2D eigenvalue weighted by Gasteiger charge is -2.19. The summed E-state index contributed by atoms with van der Waals surface area (Å²) in [4.78, 5) is 34.7. The molecular formula is C17H20O5. The Kier molecular flexibility index (Phi) is 4.96. The smallest absolute Gasteiger partial charge is 0.334 e. The molecular weight excluding hydrogens is 284 g/mol. The van der Waals surface area contributed by atoms with Gasteiger partial charge in [-0.3, -0.25) is 9.59 Å². The Morgan fingerprint density at radius 1 is 1.36 bits per heavy atom. The minimum Gasteiger partial charge on any atom is -0.461 e. The van der Waals surface area contributed by atoms with Crippen LogP contribution in [-0.4, -0.2) is 30.4 Å². The van der Waals surface area contributed by atoms with Crippen LogP contribution in [0.3, 0.4) is 0 Å². The topological polar surface area (TPSA) is 69.7 Å². The molecule has 0 unspecified atom stereocenters. The molecule has 22 heavy (non-hydrogen) atoms. The normalized spacial score (nSPS) is 28.5. The summed E-state index contributed by atoms with van der Waals surface area (Å²) in [5.74, 6) is -0.995. The van der Waals surface area contributed by atoms with Gasteiger partial charge >= 0.3 is 11.9 Å². The van der Waals surface area contributed by atoms with Crippen LogP contribution in [0.5, 0.6) is 0 Å². The summed E-state index contributed by atoms with van der Waals surface area (Å²) in [6.07, 6.45) is 3.30. The molecule has 2 rings (SSSR count). The fourth-order valence-corrected chi connectivity index (χ4v) is 2.68. The van der Waals surface area contributed by atoms with E-state index in [9.17, 15) is 14.4 Å². The molecule has 1 aliphatic carbocycles. The molecule has 2 atom stereocenters. The number of rotatable bonds is 2. The largest absolute Gasteiger partial charge is 0.461 e. The number of allylic oxidation sites excluding steroid dienone is 1. The van der Waals surface area contributed by atoms with Crippen molar-refractivity contribution in [2.75, 3.05) is 6.61 Å². The molecule has 2 aliphatic rings. The van der Waals surface area contributed by atoms with Crippen molar-refractivity contribution >= 4 is 17.7 Å². The van der Waals surface area contributed by atoms with Crippen molar-refractivity contribution in [1.29, 1.82) is 0 Å². The van der Waals surface area contributed by atoms with E-state index >= 15 is 0 Å². The van der Waals surface area contributed by atoms with Crippen molar-refractivity contribution in [1.82, 2.24) is 0 Å². The number of carbonyl (C=O) groups excluding carboxylic acids is 3. The molecule has 0 aromatic heterocycles. The second-order valence-electron chi connectivity index (χ2n) is 5.68. The fourth-order valence-electron chi connectivity index (χ4n) is 2.68. The summed E-state index contributed by atoms with van der Waals surface area (Å²) in [5.41, 5.74) is 1.75. The molecule has 1 heterocycles. The van der Waals surface area contributed by atoms with Crippen LogP contribution in [0.4, 0.5) is 0 Å². The van der Waals surface area contributed by atoms with Crippen LogP contribution in [0.2, 0.25) is 0 Å². The van der Waals surface area contributed by atoms with Crippen LogP contribution in [0.15, 0.2) is 36.0 Å². The standard InChI is InChI=1S/C17H20O5/c1-10-8-16-14(11(2)17(20)22-16)6-4-13(5-7-15(10)19)9-21-12(3)18/h4,14,16H,1-2,5-9H2,3H3/b13-4-/t14-,16-/m1/s1. The van der Waals surface area contributed by atoms with Crippen LogP contribution < -0.4 is 0 Å². The highest BCUT2D eigenvalue weighted by Gasteiger charge is 2.38. The SMILES string of the molecule is C=C1C[C@H]2OC(=O)C(=C)[C@H]2C/C=C(\COC(C)=O)CCC1=O. The third kappa shape index (κ3) is 3.72. The Morgan fingerprint density at radius 3 is 2.77 bits per heavy atom. The molecule has 5 heteroatoms. The van der Waals surface area contributed by atoms with Crippen molar-refractivity contribution in [2.45, 2.75) is 38.7 Å². The van der Waals surface area contributed by atoms with E-state index in [1.54, 1.807) is 0 Å². The van der Waals surface area contributed by atoms with Gasteiger partial charge in [-0.25, -0.2) is 4.79 Å². The first kappa shape index (κ1) is 16.2. The molecule has 0 spiro atoms. The average molecular weight is 304 g/mol. The maximum absolute atomic E-state index is 12.1. The predicted octanol–water partition coefficient (Wildman–Crippen LogP) is 2.27. The molecule has 0 radical (unpaired) electrons. The van der Waals surface area contributed by atoms with E-state index in [2.05, 4.69) is 13.2 Å². The quantitative estimate of drug-likeness (QED) is 0.445. The highest BCUT2D eigenvalue weighted by Crippen LogP contribution is 2.34. The fraction of sp³-hybridized carbons (Fsp3) is 0.471. The number of esters is 2. The van der Waals surface area contributed by atoms with Gasteiger partial charge in [0, 0.05) is 31.3 Å². The Bertz CT molecular complexity index is 570. The molecule has 1 fully saturated rings. The van der Waals surface area contributed by atoms with Gasteiger partial charge in [-0.1, -0.05) is 19.2 Å². The van der Waals surface area contributed by atoms with Crippen molar-refractivity contribution in [3.8, 4) is 0 Å². The van der Waals surface area contributed by atoms with Crippen molar-refractivity contribution in [3.63, 3.8) is 0 Å². The first-order chi connectivity index (χ1) is 10.4. The predicted molar refractivity (Wildman–Crippen MR) is 79.8 cm³/mol. The molecule has 118 valence electrons. The molecule has 0 aromatic rings. The third-order valence-corrected chi connectivity index (χ3v) is 4.05. The summed E-state index contributed by atoms with van der Waals surface area (Å²) in [7, 11) is 0. The van der Waals surface area contributed by atoms with E-state index in [4.69, 9.17) is 9.47 Å². The van der Waals surface area contributed by atoms with Gasteiger partial charge in [0.05, 0.1) is 0 Å². The van der Waals surface area contributed by atoms with Crippen LogP contribution >= 0.6 is 0 Å². The van der Waals surface area contributed by atoms with Crippen molar-refractivity contribution in [2.24, 2.45) is 5.92 Å². The summed E-state index contributed by atoms with van der Waals surface area (Å²) >= 11 is 0. The zero-order chi connectivity index (χ0) is 16.3. The monoisotopic (exact) mass is 304 g/mol. The lowest BCUT2D eigenvalue weighted by atomic mass is 9.86. The molecule has 0 amide bonds. The van der Waals surface area contributed by atoms with Crippen LogP contribution in [0, 0.1) is 5.92 Å². The lowest BCUT2D eigenvalue weighted by molar-refractivity contribution is -0.140. The minimum atomic E-state index is -0.413. The minimum absolute atomic E-state index is 0.0528. The number of hydrogen-bond donors (Lipinski definition) is 0. The Balaban J connectivity index is 2.20. The van der Waals surface area contributed by atoms with Gasteiger partial charge in [0.15, 0.2) is 5.78 Å².